The summed E-state index contributed by atoms with van der Waals surface area (Å²) in [5.41, 5.74) is 0.816. The highest BCUT2D eigenvalue weighted by Crippen LogP contribution is 2.38. The van der Waals surface area contributed by atoms with Crippen LogP contribution >= 0.6 is 0 Å². The van der Waals surface area contributed by atoms with E-state index in [1.54, 1.807) is 10.8 Å². The molecule has 1 aliphatic carbocycles. The highest BCUT2D eigenvalue weighted by molar-refractivity contribution is 5.80. The van der Waals surface area contributed by atoms with Crippen LogP contribution in [0.4, 0.5) is 0 Å². The minimum atomic E-state index is -0.303. The summed E-state index contributed by atoms with van der Waals surface area (Å²) in [6.45, 7) is 3.16. The maximum Gasteiger partial charge on any atom is 0.300 e. The van der Waals surface area contributed by atoms with Crippen LogP contribution < -0.4 is 15.0 Å². The fourth-order valence-electron chi connectivity index (χ4n) is 3.82. The van der Waals surface area contributed by atoms with Crippen LogP contribution in [-0.4, -0.2) is 28.0 Å². The molecule has 26 heavy (non-hydrogen) atoms. The number of carbonyl (C=O) groups is 1. The lowest BCUT2D eigenvalue weighted by Gasteiger charge is -2.33. The molecule has 136 valence electrons. The molecule has 1 fully saturated rings. The van der Waals surface area contributed by atoms with Gasteiger partial charge in [0.05, 0.1) is 6.54 Å². The van der Waals surface area contributed by atoms with Crippen LogP contribution in [0.5, 0.6) is 11.8 Å². The first kappa shape index (κ1) is 16.8. The molecule has 6 nitrogen and oxygen atoms in total. The number of benzene rings is 1. The predicted molar refractivity (Wildman–Crippen MR) is 95.7 cm³/mol. The van der Waals surface area contributed by atoms with Gasteiger partial charge in [-0.15, -0.1) is 0 Å². The number of rotatable bonds is 4. The number of hydrogen-bond donors (Lipinski definition) is 0. The van der Waals surface area contributed by atoms with E-state index in [0.29, 0.717) is 37.8 Å². The zero-order valence-corrected chi connectivity index (χ0v) is 14.8. The molecule has 0 bridgehead atoms. The zero-order chi connectivity index (χ0) is 18.1. The predicted octanol–water partition coefficient (Wildman–Crippen LogP) is 2.48. The Bertz CT molecular complexity index is 874. The van der Waals surface area contributed by atoms with Gasteiger partial charge in [-0.3, -0.25) is 14.2 Å². The second-order valence-corrected chi connectivity index (χ2v) is 7.41. The fourth-order valence-corrected chi connectivity index (χ4v) is 3.82. The van der Waals surface area contributed by atoms with Gasteiger partial charge in [-0.2, -0.15) is 4.98 Å². The lowest BCUT2D eigenvalue weighted by atomic mass is 9.70. The molecule has 0 spiro atoms. The zero-order valence-electron chi connectivity index (χ0n) is 14.8. The smallest absolute Gasteiger partial charge is 0.300 e. The van der Waals surface area contributed by atoms with Crippen LogP contribution in [-0.2, 0) is 16.8 Å². The highest BCUT2D eigenvalue weighted by Gasteiger charge is 2.32. The molecule has 1 saturated carbocycles. The molecule has 1 aliphatic heterocycles. The molecule has 2 aromatic rings. The molecule has 2 heterocycles. The Morgan fingerprint density at radius 1 is 1.27 bits per heavy atom. The van der Waals surface area contributed by atoms with Crippen molar-refractivity contribution in [2.45, 2.75) is 50.7 Å². The fraction of sp³-hybridized carbons (Fsp3) is 0.450. The summed E-state index contributed by atoms with van der Waals surface area (Å²) in [5.74, 6) is 1.12. The highest BCUT2D eigenvalue weighted by atomic mass is 16.6. The number of nitrogens with zero attached hydrogens (tertiary/aromatic N) is 2. The average molecular weight is 354 g/mol. The molecule has 4 rings (SSSR count). The van der Waals surface area contributed by atoms with Crippen molar-refractivity contribution in [1.82, 2.24) is 9.55 Å². The molecule has 2 atom stereocenters. The maximum absolute atomic E-state index is 11.8. The molecule has 0 saturated heterocycles. The van der Waals surface area contributed by atoms with E-state index in [0.717, 1.165) is 18.6 Å². The van der Waals surface area contributed by atoms with Gasteiger partial charge in [0.2, 0.25) is 0 Å². The SMILES string of the molecule is CC1(c2ccc(OC[C@@H]3Cn4ccc(=O)nc4O3)cc2)CCCC(=O)C1. The molecule has 0 N–H and O–H groups in total. The van der Waals surface area contributed by atoms with Crippen molar-refractivity contribution in [1.29, 1.82) is 0 Å². The topological polar surface area (TPSA) is 70.4 Å². The second-order valence-electron chi connectivity index (χ2n) is 7.41. The first-order chi connectivity index (χ1) is 12.5. The van der Waals surface area contributed by atoms with Crippen LogP contribution in [0.3, 0.4) is 0 Å². The quantitative estimate of drug-likeness (QED) is 0.844. The number of aromatic nitrogens is 2. The summed E-state index contributed by atoms with van der Waals surface area (Å²) in [6, 6.07) is 9.77. The Kier molecular flexibility index (Phi) is 4.26. The Hall–Kier alpha value is -2.63. The van der Waals surface area contributed by atoms with Crippen molar-refractivity contribution >= 4 is 5.78 Å². The van der Waals surface area contributed by atoms with Gasteiger partial charge in [0.25, 0.3) is 11.6 Å². The van der Waals surface area contributed by atoms with Crippen molar-refractivity contribution in [2.24, 2.45) is 0 Å². The maximum atomic E-state index is 11.8. The summed E-state index contributed by atoms with van der Waals surface area (Å²) in [4.78, 5) is 26.9. The van der Waals surface area contributed by atoms with Crippen molar-refractivity contribution in [3.8, 4) is 11.8 Å². The number of carbonyl (C=O) groups excluding carboxylic acids is 1. The molecule has 0 radical (unpaired) electrons. The number of fused-ring (bicyclic) bond motifs is 1. The Balaban J connectivity index is 1.37. The second kappa shape index (κ2) is 6.59. The normalized spacial score (nSPS) is 24.8. The van der Waals surface area contributed by atoms with Gasteiger partial charge in [-0.05, 0) is 36.0 Å². The van der Waals surface area contributed by atoms with E-state index >= 15 is 0 Å². The van der Waals surface area contributed by atoms with E-state index < -0.39 is 0 Å². The van der Waals surface area contributed by atoms with Gasteiger partial charge in [-0.1, -0.05) is 19.1 Å². The molecule has 2 aliphatic rings. The van der Waals surface area contributed by atoms with Crippen LogP contribution in [0.1, 0.15) is 38.2 Å². The van der Waals surface area contributed by atoms with Gasteiger partial charge in [0.1, 0.15) is 18.1 Å². The summed E-state index contributed by atoms with van der Waals surface area (Å²) in [5, 5.41) is 0. The monoisotopic (exact) mass is 354 g/mol. The third-order valence-corrected chi connectivity index (χ3v) is 5.28. The standard InChI is InChI=1S/C20H22N2O4/c1-20(9-2-3-15(23)11-20)14-4-6-16(7-5-14)25-13-17-12-22-10-8-18(24)21-19(22)26-17/h4-8,10,17H,2-3,9,11-13H2,1H3/t17-,20?/m0/s1. The molecule has 0 amide bonds. The number of ketones is 1. The third kappa shape index (κ3) is 3.36. The van der Waals surface area contributed by atoms with E-state index in [2.05, 4.69) is 24.0 Å². The molecule has 6 heteroatoms. The third-order valence-electron chi connectivity index (χ3n) is 5.28. The van der Waals surface area contributed by atoms with Crippen LogP contribution in [0.15, 0.2) is 41.3 Å². The van der Waals surface area contributed by atoms with E-state index in [1.807, 2.05) is 12.1 Å². The number of Topliss-reactive ketones (excluding diaryl/α,β-unsaturated/α-hetero) is 1. The van der Waals surface area contributed by atoms with E-state index in [9.17, 15) is 9.59 Å². The first-order valence-electron chi connectivity index (χ1n) is 9.01. The summed E-state index contributed by atoms with van der Waals surface area (Å²) in [7, 11) is 0. The Morgan fingerprint density at radius 2 is 2.08 bits per heavy atom. The Labute approximate surface area is 151 Å². The summed E-state index contributed by atoms with van der Waals surface area (Å²) >= 11 is 0. The first-order valence-corrected chi connectivity index (χ1v) is 9.01. The molecule has 1 aromatic carbocycles. The van der Waals surface area contributed by atoms with Crippen molar-refractivity contribution in [3.05, 3.63) is 52.4 Å². The average Bonchev–Trinajstić information content (AvgIpc) is 3.02. The largest absolute Gasteiger partial charge is 0.490 e. The number of ether oxygens (including phenoxy) is 2. The minimum Gasteiger partial charge on any atom is -0.490 e. The van der Waals surface area contributed by atoms with Crippen molar-refractivity contribution in [2.75, 3.05) is 6.61 Å². The number of hydrogen-bond acceptors (Lipinski definition) is 5. The Morgan fingerprint density at radius 3 is 2.85 bits per heavy atom. The van der Waals surface area contributed by atoms with Crippen molar-refractivity contribution < 1.29 is 14.3 Å². The molecular weight excluding hydrogens is 332 g/mol. The van der Waals surface area contributed by atoms with Crippen molar-refractivity contribution in [3.63, 3.8) is 0 Å². The summed E-state index contributed by atoms with van der Waals surface area (Å²) < 4.78 is 13.3. The lowest BCUT2D eigenvalue weighted by Crippen LogP contribution is -2.29. The van der Waals surface area contributed by atoms with E-state index in [-0.39, 0.29) is 17.1 Å². The van der Waals surface area contributed by atoms with Gasteiger partial charge < -0.3 is 9.47 Å². The van der Waals surface area contributed by atoms with Crippen LogP contribution in [0, 0.1) is 0 Å². The van der Waals surface area contributed by atoms with E-state index in [1.165, 1.54) is 11.6 Å². The molecule has 1 unspecified atom stereocenters. The lowest BCUT2D eigenvalue weighted by molar-refractivity contribution is -0.121. The van der Waals surface area contributed by atoms with Gasteiger partial charge in [-0.25, -0.2) is 0 Å². The van der Waals surface area contributed by atoms with Gasteiger partial charge in [0, 0.05) is 25.1 Å². The van der Waals surface area contributed by atoms with Crippen LogP contribution in [0.2, 0.25) is 0 Å². The minimum absolute atomic E-state index is 0.0670. The van der Waals surface area contributed by atoms with E-state index in [4.69, 9.17) is 9.47 Å². The molecular formula is C20H22N2O4. The van der Waals surface area contributed by atoms with Gasteiger partial charge >= 0.3 is 0 Å². The summed E-state index contributed by atoms with van der Waals surface area (Å²) in [6.07, 6.45) is 4.85. The molecule has 1 aromatic heterocycles. The van der Waals surface area contributed by atoms with Gasteiger partial charge in [0.15, 0.2) is 6.10 Å². The van der Waals surface area contributed by atoms with Crippen LogP contribution in [0.25, 0.3) is 0 Å².